The molecule has 0 saturated carbocycles. The minimum atomic E-state index is -3.77. The number of carbonyl (C=O) groups is 1. The zero-order valence-electron chi connectivity index (χ0n) is 20.5. The number of anilines is 1. The van der Waals surface area contributed by atoms with Crippen LogP contribution in [0, 0.1) is 0 Å². The smallest absolute Gasteiger partial charge is 0.255 e. The van der Waals surface area contributed by atoms with Gasteiger partial charge in [-0.1, -0.05) is 43.6 Å². The van der Waals surface area contributed by atoms with E-state index in [0.717, 1.165) is 29.7 Å². The number of hydrogen-bond donors (Lipinski definition) is 1. The molecular formula is C27H31ClN2O4S. The van der Waals surface area contributed by atoms with E-state index < -0.39 is 10.0 Å². The van der Waals surface area contributed by atoms with Crippen LogP contribution in [0.1, 0.15) is 47.8 Å². The summed E-state index contributed by atoms with van der Waals surface area (Å²) >= 11 is 5.91. The van der Waals surface area contributed by atoms with Gasteiger partial charge in [-0.05, 0) is 73.4 Å². The number of carbonyl (C=O) groups excluding carboxylic acids is 1. The largest absolute Gasteiger partial charge is 0.494 e. The molecule has 0 atom stereocenters. The number of nitrogens with one attached hydrogen (secondary N) is 1. The Labute approximate surface area is 212 Å². The van der Waals surface area contributed by atoms with Crippen molar-refractivity contribution < 1.29 is 17.9 Å². The zero-order chi connectivity index (χ0) is 25.6. The summed E-state index contributed by atoms with van der Waals surface area (Å²) in [5, 5.41) is 3.52. The van der Waals surface area contributed by atoms with E-state index >= 15 is 0 Å². The summed E-state index contributed by atoms with van der Waals surface area (Å²) in [5.41, 5.74) is 3.99. The number of sulfonamides is 1. The second-order valence-electron chi connectivity index (χ2n) is 8.08. The average Bonchev–Trinajstić information content (AvgIpc) is 2.85. The lowest BCUT2D eigenvalue weighted by Crippen LogP contribution is -2.27. The first kappa shape index (κ1) is 26.7. The molecule has 0 spiro atoms. The first-order valence-electron chi connectivity index (χ1n) is 11.6. The van der Waals surface area contributed by atoms with E-state index in [9.17, 15) is 13.2 Å². The quantitative estimate of drug-likeness (QED) is 0.363. The van der Waals surface area contributed by atoms with E-state index in [-0.39, 0.29) is 17.3 Å². The van der Waals surface area contributed by atoms with Crippen LogP contribution in [0.2, 0.25) is 5.02 Å². The Morgan fingerprint density at radius 2 is 1.57 bits per heavy atom. The molecule has 0 aliphatic heterocycles. The second kappa shape index (κ2) is 11.7. The van der Waals surface area contributed by atoms with Gasteiger partial charge in [0.15, 0.2) is 0 Å². The fraction of sp³-hybridized carbons (Fsp3) is 0.296. The maximum atomic E-state index is 13.2. The molecule has 1 N–H and O–H groups in total. The van der Waals surface area contributed by atoms with Crippen molar-refractivity contribution in [2.24, 2.45) is 0 Å². The van der Waals surface area contributed by atoms with Gasteiger partial charge in [0.2, 0.25) is 10.0 Å². The summed E-state index contributed by atoms with van der Waals surface area (Å²) in [4.78, 5) is 13.4. The van der Waals surface area contributed by atoms with Crippen LogP contribution in [0.3, 0.4) is 0 Å². The molecule has 0 radical (unpaired) electrons. The molecule has 35 heavy (non-hydrogen) atoms. The van der Waals surface area contributed by atoms with Crippen molar-refractivity contribution in [3.05, 3.63) is 87.9 Å². The topological polar surface area (TPSA) is 75.7 Å². The highest BCUT2D eigenvalue weighted by molar-refractivity contribution is 7.89. The summed E-state index contributed by atoms with van der Waals surface area (Å²) in [6, 6.07) is 17.1. The van der Waals surface area contributed by atoms with Crippen molar-refractivity contribution in [3.8, 4) is 5.75 Å². The predicted molar refractivity (Wildman–Crippen MR) is 141 cm³/mol. The monoisotopic (exact) mass is 514 g/mol. The number of benzene rings is 3. The molecule has 0 bridgehead atoms. The fourth-order valence-corrected chi connectivity index (χ4v) is 5.12. The van der Waals surface area contributed by atoms with Crippen molar-refractivity contribution in [2.75, 3.05) is 19.0 Å². The minimum absolute atomic E-state index is 0.0349. The number of amides is 1. The highest BCUT2D eigenvalue weighted by Gasteiger charge is 2.23. The molecule has 3 rings (SSSR count). The molecule has 3 aromatic rings. The lowest BCUT2D eigenvalue weighted by molar-refractivity contribution is 0.102. The third kappa shape index (κ3) is 6.23. The van der Waals surface area contributed by atoms with Gasteiger partial charge in [-0.15, -0.1) is 0 Å². The van der Waals surface area contributed by atoms with Crippen LogP contribution in [0.25, 0.3) is 0 Å². The second-order valence-corrected chi connectivity index (χ2v) is 10.6. The van der Waals surface area contributed by atoms with Crippen LogP contribution in [0.4, 0.5) is 5.69 Å². The highest BCUT2D eigenvalue weighted by Crippen LogP contribution is 2.27. The summed E-state index contributed by atoms with van der Waals surface area (Å²) in [6.07, 6.45) is 1.59. The van der Waals surface area contributed by atoms with Crippen LogP contribution < -0.4 is 10.1 Å². The molecule has 0 unspecified atom stereocenters. The lowest BCUT2D eigenvalue weighted by Gasteiger charge is -2.20. The van der Waals surface area contributed by atoms with E-state index in [0.29, 0.717) is 28.5 Å². The number of para-hydroxylation sites is 1. The normalized spacial score (nSPS) is 11.5. The molecule has 0 fully saturated rings. The van der Waals surface area contributed by atoms with Gasteiger partial charge < -0.3 is 10.1 Å². The van der Waals surface area contributed by atoms with Crippen molar-refractivity contribution >= 4 is 33.2 Å². The Morgan fingerprint density at radius 1 is 0.943 bits per heavy atom. The summed E-state index contributed by atoms with van der Waals surface area (Å²) in [7, 11) is -2.27. The first-order chi connectivity index (χ1) is 16.7. The van der Waals surface area contributed by atoms with Gasteiger partial charge in [-0.25, -0.2) is 8.42 Å². The number of ether oxygens (including phenoxy) is 1. The SMILES string of the molecule is CCOc1ccc(C(=O)Nc2c(CC)cccc2CC)cc1CN(C)S(=O)(=O)c1ccc(Cl)cc1. The number of halogens is 1. The number of nitrogens with zero attached hydrogens (tertiary/aromatic N) is 1. The molecule has 8 heteroatoms. The molecule has 0 aliphatic carbocycles. The molecule has 186 valence electrons. The molecule has 3 aromatic carbocycles. The van der Waals surface area contributed by atoms with E-state index in [1.54, 1.807) is 18.2 Å². The molecule has 0 saturated heterocycles. The van der Waals surface area contributed by atoms with Gasteiger partial charge in [-0.3, -0.25) is 4.79 Å². The van der Waals surface area contributed by atoms with Gasteiger partial charge in [-0.2, -0.15) is 4.31 Å². The predicted octanol–water partition coefficient (Wildman–Crippen LogP) is 5.94. The van der Waals surface area contributed by atoms with Crippen LogP contribution in [-0.4, -0.2) is 32.3 Å². The Bertz CT molecular complexity index is 1270. The van der Waals surface area contributed by atoms with E-state index in [1.165, 1.54) is 35.6 Å². The Morgan fingerprint density at radius 3 is 2.14 bits per heavy atom. The standard InChI is InChI=1S/C27H31ClN2O4S/c1-5-19-9-8-10-20(6-2)26(19)29-27(31)21-11-16-25(34-7-3)22(17-21)18-30(4)35(32,33)24-14-12-23(28)13-15-24/h8-17H,5-7,18H2,1-4H3,(H,29,31). The zero-order valence-corrected chi connectivity index (χ0v) is 22.0. The summed E-state index contributed by atoms with van der Waals surface area (Å²) < 4.78 is 33.1. The third-order valence-corrected chi connectivity index (χ3v) is 7.84. The molecule has 0 aromatic heterocycles. The Balaban J connectivity index is 1.91. The average molecular weight is 515 g/mol. The van der Waals surface area contributed by atoms with E-state index in [4.69, 9.17) is 16.3 Å². The summed E-state index contributed by atoms with van der Waals surface area (Å²) in [5.74, 6) is 0.276. The van der Waals surface area contributed by atoms with Crippen LogP contribution in [-0.2, 0) is 29.4 Å². The van der Waals surface area contributed by atoms with Crippen LogP contribution in [0.15, 0.2) is 65.6 Å². The number of hydrogen-bond acceptors (Lipinski definition) is 4. The molecule has 6 nitrogen and oxygen atoms in total. The molecular weight excluding hydrogens is 484 g/mol. The van der Waals surface area contributed by atoms with Gasteiger partial charge in [0.25, 0.3) is 5.91 Å². The van der Waals surface area contributed by atoms with E-state index in [2.05, 4.69) is 19.2 Å². The number of rotatable bonds is 10. The lowest BCUT2D eigenvalue weighted by atomic mass is 10.0. The third-order valence-electron chi connectivity index (χ3n) is 5.77. The summed E-state index contributed by atoms with van der Waals surface area (Å²) in [6.45, 7) is 6.41. The van der Waals surface area contributed by atoms with Gasteiger partial charge in [0, 0.05) is 35.4 Å². The van der Waals surface area contributed by atoms with Gasteiger partial charge >= 0.3 is 0 Å². The fourth-order valence-electron chi connectivity index (χ4n) is 3.84. The minimum Gasteiger partial charge on any atom is -0.494 e. The first-order valence-corrected chi connectivity index (χ1v) is 13.4. The maximum absolute atomic E-state index is 13.2. The molecule has 1 amide bonds. The Hall–Kier alpha value is -2.87. The molecule has 0 heterocycles. The van der Waals surface area contributed by atoms with Crippen molar-refractivity contribution in [2.45, 2.75) is 45.1 Å². The Kier molecular flexibility index (Phi) is 8.94. The van der Waals surface area contributed by atoms with Crippen LogP contribution in [0.5, 0.6) is 5.75 Å². The van der Waals surface area contributed by atoms with Crippen molar-refractivity contribution in [3.63, 3.8) is 0 Å². The van der Waals surface area contributed by atoms with E-state index in [1.807, 2.05) is 25.1 Å². The van der Waals surface area contributed by atoms with Crippen molar-refractivity contribution in [1.82, 2.24) is 4.31 Å². The van der Waals surface area contributed by atoms with Crippen molar-refractivity contribution in [1.29, 1.82) is 0 Å². The molecule has 0 aliphatic rings. The van der Waals surface area contributed by atoms with Gasteiger partial charge in [0.1, 0.15) is 5.75 Å². The number of aryl methyl sites for hydroxylation is 2. The maximum Gasteiger partial charge on any atom is 0.255 e. The van der Waals surface area contributed by atoms with Crippen LogP contribution >= 0.6 is 11.6 Å². The van der Waals surface area contributed by atoms with Gasteiger partial charge in [0.05, 0.1) is 11.5 Å². The highest BCUT2D eigenvalue weighted by atomic mass is 35.5.